The molecule has 1 rings (SSSR count). The van der Waals surface area contributed by atoms with Crippen molar-refractivity contribution in [3.63, 3.8) is 0 Å². The quantitative estimate of drug-likeness (QED) is 0.730. The van der Waals surface area contributed by atoms with Gasteiger partial charge in [0.1, 0.15) is 0 Å². The van der Waals surface area contributed by atoms with Crippen LogP contribution in [0, 0.1) is 0 Å². The lowest BCUT2D eigenvalue weighted by molar-refractivity contribution is -0.148. The van der Waals surface area contributed by atoms with Crippen molar-refractivity contribution in [1.29, 1.82) is 0 Å². The van der Waals surface area contributed by atoms with Crippen molar-refractivity contribution in [2.24, 2.45) is 5.73 Å². The Labute approximate surface area is 100 Å². The van der Waals surface area contributed by atoms with Crippen LogP contribution in [-0.4, -0.2) is 22.4 Å². The van der Waals surface area contributed by atoms with Crippen LogP contribution in [0.3, 0.4) is 0 Å². The molecule has 0 radical (unpaired) electrons. The highest BCUT2D eigenvalue weighted by molar-refractivity contribution is 6.06. The van der Waals surface area contributed by atoms with E-state index < -0.39 is 17.3 Å². The van der Waals surface area contributed by atoms with Gasteiger partial charge < -0.3 is 10.8 Å². The third-order valence-electron chi connectivity index (χ3n) is 2.89. The van der Waals surface area contributed by atoms with Gasteiger partial charge in [0.05, 0.1) is 0 Å². The number of aryl methyl sites for hydroxylation is 1. The Morgan fingerprint density at radius 2 is 1.88 bits per heavy atom. The predicted octanol–water partition coefficient (Wildman–Crippen LogP) is 1.38. The maximum absolute atomic E-state index is 11.2. The minimum absolute atomic E-state index is 0.159. The maximum atomic E-state index is 11.2. The fourth-order valence-corrected chi connectivity index (χ4v) is 1.65. The summed E-state index contributed by atoms with van der Waals surface area (Å²) in [6.07, 6.45) is 1.46. The Hall–Kier alpha value is -1.68. The molecule has 0 aromatic heterocycles. The SMILES string of the molecule is CC(=O)C(N)(CCCc1ccccc1)C(=O)O. The Morgan fingerprint density at radius 3 is 2.35 bits per heavy atom. The van der Waals surface area contributed by atoms with Crippen LogP contribution >= 0.6 is 0 Å². The second-order valence-electron chi connectivity index (χ2n) is 4.17. The molecule has 0 fully saturated rings. The van der Waals surface area contributed by atoms with Gasteiger partial charge in [0, 0.05) is 0 Å². The van der Waals surface area contributed by atoms with E-state index in [1.165, 1.54) is 6.92 Å². The number of carbonyl (C=O) groups excluding carboxylic acids is 1. The van der Waals surface area contributed by atoms with Crippen molar-refractivity contribution in [2.45, 2.75) is 31.7 Å². The third-order valence-corrected chi connectivity index (χ3v) is 2.89. The topological polar surface area (TPSA) is 80.4 Å². The van der Waals surface area contributed by atoms with E-state index in [1.54, 1.807) is 0 Å². The van der Waals surface area contributed by atoms with Gasteiger partial charge in [0.2, 0.25) is 0 Å². The molecule has 1 unspecified atom stereocenters. The average molecular weight is 235 g/mol. The first-order chi connectivity index (χ1) is 7.97. The molecule has 0 amide bonds. The lowest BCUT2D eigenvalue weighted by Crippen LogP contribution is -2.53. The summed E-state index contributed by atoms with van der Waals surface area (Å²) >= 11 is 0. The summed E-state index contributed by atoms with van der Waals surface area (Å²) in [5.74, 6) is -1.75. The number of hydrogen-bond donors (Lipinski definition) is 2. The molecule has 0 spiro atoms. The number of ketones is 1. The number of carboxylic acids is 1. The summed E-state index contributed by atoms with van der Waals surface area (Å²) in [5.41, 5.74) is 4.97. The molecule has 3 N–H and O–H groups in total. The normalized spacial score (nSPS) is 14.0. The van der Waals surface area contributed by atoms with Gasteiger partial charge in [-0.05, 0) is 31.7 Å². The fraction of sp³-hybridized carbons (Fsp3) is 0.385. The Bertz CT molecular complexity index is 386. The van der Waals surface area contributed by atoms with Crippen molar-refractivity contribution in [2.75, 3.05) is 0 Å². The van der Waals surface area contributed by atoms with Crippen molar-refractivity contribution >= 4 is 11.8 Å². The van der Waals surface area contributed by atoms with Crippen LogP contribution in [0.5, 0.6) is 0 Å². The minimum Gasteiger partial charge on any atom is -0.480 e. The Kier molecular flexibility index (Phi) is 4.40. The molecule has 4 nitrogen and oxygen atoms in total. The molecule has 0 aliphatic heterocycles. The lowest BCUT2D eigenvalue weighted by atomic mass is 9.89. The van der Waals surface area contributed by atoms with Crippen LogP contribution in [0.1, 0.15) is 25.3 Å². The summed E-state index contributed by atoms with van der Waals surface area (Å²) in [4.78, 5) is 22.2. The summed E-state index contributed by atoms with van der Waals surface area (Å²) in [7, 11) is 0. The van der Waals surface area contributed by atoms with Crippen LogP contribution in [0.2, 0.25) is 0 Å². The van der Waals surface area contributed by atoms with E-state index in [2.05, 4.69) is 0 Å². The van der Waals surface area contributed by atoms with Crippen LogP contribution in [0.25, 0.3) is 0 Å². The zero-order chi connectivity index (χ0) is 12.9. The number of rotatable bonds is 6. The van der Waals surface area contributed by atoms with Gasteiger partial charge in [-0.15, -0.1) is 0 Å². The number of Topliss-reactive ketones (excluding diaryl/α,β-unsaturated/α-hetero) is 1. The van der Waals surface area contributed by atoms with Gasteiger partial charge in [-0.1, -0.05) is 30.3 Å². The molecule has 1 aromatic rings. The highest BCUT2D eigenvalue weighted by Crippen LogP contribution is 2.14. The molecule has 0 saturated carbocycles. The average Bonchev–Trinajstić information content (AvgIpc) is 2.29. The molecule has 0 bridgehead atoms. The van der Waals surface area contributed by atoms with Crippen LogP contribution in [0.15, 0.2) is 30.3 Å². The van der Waals surface area contributed by atoms with Crippen molar-refractivity contribution in [3.8, 4) is 0 Å². The molecular weight excluding hydrogens is 218 g/mol. The van der Waals surface area contributed by atoms with E-state index in [1.807, 2.05) is 30.3 Å². The summed E-state index contributed by atoms with van der Waals surface area (Å²) < 4.78 is 0. The number of carbonyl (C=O) groups is 2. The Balaban J connectivity index is 2.55. The molecule has 92 valence electrons. The lowest BCUT2D eigenvalue weighted by Gasteiger charge is -2.21. The first-order valence-electron chi connectivity index (χ1n) is 5.54. The maximum Gasteiger partial charge on any atom is 0.331 e. The van der Waals surface area contributed by atoms with Gasteiger partial charge in [0.25, 0.3) is 0 Å². The number of benzene rings is 1. The smallest absolute Gasteiger partial charge is 0.331 e. The van der Waals surface area contributed by atoms with E-state index in [0.29, 0.717) is 6.42 Å². The third kappa shape index (κ3) is 3.39. The van der Waals surface area contributed by atoms with E-state index >= 15 is 0 Å². The summed E-state index contributed by atoms with van der Waals surface area (Å²) in [6.45, 7) is 1.22. The zero-order valence-electron chi connectivity index (χ0n) is 9.85. The van der Waals surface area contributed by atoms with E-state index in [4.69, 9.17) is 10.8 Å². The zero-order valence-corrected chi connectivity index (χ0v) is 9.85. The van der Waals surface area contributed by atoms with Crippen molar-refractivity contribution < 1.29 is 14.7 Å². The van der Waals surface area contributed by atoms with E-state index in [9.17, 15) is 9.59 Å². The van der Waals surface area contributed by atoms with Crippen LogP contribution in [-0.2, 0) is 16.0 Å². The number of nitrogens with two attached hydrogens (primary N) is 1. The van der Waals surface area contributed by atoms with Crippen molar-refractivity contribution in [3.05, 3.63) is 35.9 Å². The first kappa shape index (κ1) is 13.4. The number of hydrogen-bond acceptors (Lipinski definition) is 3. The second-order valence-corrected chi connectivity index (χ2v) is 4.17. The molecule has 0 aliphatic rings. The monoisotopic (exact) mass is 235 g/mol. The molecule has 17 heavy (non-hydrogen) atoms. The highest BCUT2D eigenvalue weighted by Gasteiger charge is 2.38. The van der Waals surface area contributed by atoms with Crippen LogP contribution < -0.4 is 5.73 Å². The molecular formula is C13H17NO3. The molecule has 1 atom stereocenters. The largest absolute Gasteiger partial charge is 0.480 e. The van der Waals surface area contributed by atoms with Gasteiger partial charge in [-0.25, -0.2) is 4.79 Å². The van der Waals surface area contributed by atoms with Crippen molar-refractivity contribution in [1.82, 2.24) is 0 Å². The molecule has 0 heterocycles. The fourth-order valence-electron chi connectivity index (χ4n) is 1.65. The molecule has 4 heteroatoms. The number of aliphatic carboxylic acids is 1. The van der Waals surface area contributed by atoms with E-state index in [0.717, 1.165) is 12.0 Å². The van der Waals surface area contributed by atoms with Gasteiger partial charge in [0.15, 0.2) is 11.3 Å². The molecule has 0 saturated heterocycles. The highest BCUT2D eigenvalue weighted by atomic mass is 16.4. The molecule has 1 aromatic carbocycles. The van der Waals surface area contributed by atoms with Gasteiger partial charge in [-0.3, -0.25) is 4.79 Å². The predicted molar refractivity (Wildman–Crippen MR) is 64.6 cm³/mol. The van der Waals surface area contributed by atoms with Gasteiger partial charge >= 0.3 is 5.97 Å². The minimum atomic E-state index is -1.74. The van der Waals surface area contributed by atoms with Gasteiger partial charge in [-0.2, -0.15) is 0 Å². The standard InChI is InChI=1S/C13H17NO3/c1-10(15)13(14,12(16)17)9-5-8-11-6-3-2-4-7-11/h2-4,6-7H,5,8-9,14H2,1H3,(H,16,17). The second kappa shape index (κ2) is 5.59. The summed E-state index contributed by atoms with van der Waals surface area (Å²) in [5, 5.41) is 8.95. The van der Waals surface area contributed by atoms with E-state index in [-0.39, 0.29) is 6.42 Å². The van der Waals surface area contributed by atoms with Crippen LogP contribution in [0.4, 0.5) is 0 Å². The molecule has 0 aliphatic carbocycles. The summed E-state index contributed by atoms with van der Waals surface area (Å²) in [6, 6.07) is 9.70. The first-order valence-corrected chi connectivity index (χ1v) is 5.54. The number of carboxylic acid groups (broad SMARTS) is 1. The Morgan fingerprint density at radius 1 is 1.29 bits per heavy atom.